The van der Waals surface area contributed by atoms with E-state index < -0.39 is 12.0 Å². The lowest BCUT2D eigenvalue weighted by molar-refractivity contribution is -0.137. The van der Waals surface area contributed by atoms with E-state index >= 15 is 0 Å². The minimum atomic E-state index is -0.906. The highest BCUT2D eigenvalue weighted by atomic mass is 16.4. The first-order chi connectivity index (χ1) is 9.82. The number of nitrogens with zero attached hydrogens (tertiary/aromatic N) is 1. The molecule has 0 aliphatic heterocycles. The fourth-order valence-corrected chi connectivity index (χ4v) is 1.80. The fourth-order valence-electron chi connectivity index (χ4n) is 1.80. The average molecular weight is 292 g/mol. The zero-order chi connectivity index (χ0) is 16.0. The molecule has 114 valence electrons. The lowest BCUT2D eigenvalue weighted by atomic mass is 10.1. The molecule has 21 heavy (non-hydrogen) atoms. The van der Waals surface area contributed by atoms with Gasteiger partial charge in [0.15, 0.2) is 5.78 Å². The quantitative estimate of drug-likeness (QED) is 0.746. The van der Waals surface area contributed by atoms with Crippen LogP contribution >= 0.6 is 0 Å². The van der Waals surface area contributed by atoms with Crippen LogP contribution in [0.1, 0.15) is 30.6 Å². The monoisotopic (exact) mass is 292 g/mol. The van der Waals surface area contributed by atoms with Gasteiger partial charge in [0.25, 0.3) is 0 Å². The van der Waals surface area contributed by atoms with Gasteiger partial charge in [-0.15, -0.1) is 0 Å². The number of nitrogens with one attached hydrogen (secondary N) is 1. The summed E-state index contributed by atoms with van der Waals surface area (Å²) in [5, 5.41) is 11.4. The largest absolute Gasteiger partial charge is 0.481 e. The Kier molecular flexibility index (Phi) is 6.05. The summed E-state index contributed by atoms with van der Waals surface area (Å²) in [6.07, 6.45) is -0.0296. The summed E-state index contributed by atoms with van der Waals surface area (Å²) < 4.78 is 0. The second-order valence-corrected chi connectivity index (χ2v) is 4.89. The Hall–Kier alpha value is -2.21. The number of aliphatic carboxylic acids is 1. The minimum Gasteiger partial charge on any atom is -0.481 e. The van der Waals surface area contributed by atoms with E-state index in [2.05, 4.69) is 5.32 Å². The van der Waals surface area contributed by atoms with Crippen LogP contribution in [0.3, 0.4) is 0 Å². The number of carboxylic acid groups (broad SMARTS) is 1. The smallest absolute Gasteiger partial charge is 0.304 e. The van der Waals surface area contributed by atoms with Gasteiger partial charge in [0, 0.05) is 12.1 Å². The lowest BCUT2D eigenvalue weighted by Crippen LogP contribution is -2.40. The summed E-state index contributed by atoms with van der Waals surface area (Å²) in [5.41, 5.74) is 0.916. The number of carbonyl (C=O) groups is 3. The molecule has 0 heterocycles. The molecular weight excluding hydrogens is 272 g/mol. The Morgan fingerprint density at radius 1 is 1.29 bits per heavy atom. The topological polar surface area (TPSA) is 86.7 Å². The molecule has 0 saturated carbocycles. The molecule has 0 fully saturated rings. The number of carbonyl (C=O) groups excluding carboxylic acids is 2. The van der Waals surface area contributed by atoms with Crippen molar-refractivity contribution in [1.29, 1.82) is 0 Å². The number of Topliss-reactive ketones (excluding diaryl/α,β-unsaturated/α-hetero) is 1. The van der Waals surface area contributed by atoms with Gasteiger partial charge in [0.2, 0.25) is 5.91 Å². The van der Waals surface area contributed by atoms with Gasteiger partial charge in [-0.05, 0) is 33.0 Å². The van der Waals surface area contributed by atoms with Crippen molar-refractivity contribution in [3.63, 3.8) is 0 Å². The third kappa shape index (κ3) is 5.00. The van der Waals surface area contributed by atoms with Gasteiger partial charge in [0.1, 0.15) is 0 Å². The number of benzene rings is 1. The molecule has 1 aromatic rings. The van der Waals surface area contributed by atoms with Crippen molar-refractivity contribution in [2.24, 2.45) is 0 Å². The van der Waals surface area contributed by atoms with Gasteiger partial charge in [-0.25, -0.2) is 0 Å². The number of hydrogen-bond donors (Lipinski definition) is 2. The third-order valence-electron chi connectivity index (χ3n) is 3.28. The second kappa shape index (κ2) is 7.54. The van der Waals surface area contributed by atoms with E-state index in [1.165, 1.54) is 6.92 Å². The Balaban J connectivity index is 2.72. The van der Waals surface area contributed by atoms with E-state index in [0.29, 0.717) is 11.3 Å². The molecule has 0 aromatic heterocycles. The molecule has 0 aliphatic rings. The maximum atomic E-state index is 12.2. The average Bonchev–Trinajstić information content (AvgIpc) is 2.44. The van der Waals surface area contributed by atoms with Crippen molar-refractivity contribution in [3.05, 3.63) is 29.8 Å². The molecule has 1 rings (SSSR count). The normalized spacial score (nSPS) is 12.0. The van der Waals surface area contributed by atoms with Crippen molar-refractivity contribution in [2.45, 2.75) is 26.3 Å². The summed E-state index contributed by atoms with van der Waals surface area (Å²) >= 11 is 0. The van der Waals surface area contributed by atoms with E-state index in [-0.39, 0.29) is 24.7 Å². The molecule has 1 atom stereocenters. The highest BCUT2D eigenvalue weighted by Crippen LogP contribution is 2.16. The maximum Gasteiger partial charge on any atom is 0.304 e. The summed E-state index contributed by atoms with van der Waals surface area (Å²) in [7, 11) is 1.68. The molecule has 1 aromatic carbocycles. The Morgan fingerprint density at radius 2 is 1.90 bits per heavy atom. The maximum absolute atomic E-state index is 12.2. The standard InChI is InChI=1S/C15H20N2O4/c1-10(17(3)9-8-14(19)20)15(21)16-13-7-5-4-6-12(13)11(2)18/h4-7,10H,8-9H2,1-3H3,(H,16,21)(H,19,20). The predicted octanol–water partition coefficient (Wildman–Crippen LogP) is 1.62. The number of rotatable bonds is 7. The summed E-state index contributed by atoms with van der Waals surface area (Å²) in [4.78, 5) is 35.9. The van der Waals surface area contributed by atoms with Crippen LogP contribution < -0.4 is 5.32 Å². The zero-order valence-electron chi connectivity index (χ0n) is 12.4. The molecule has 6 heteroatoms. The van der Waals surface area contributed by atoms with Gasteiger partial charge in [-0.1, -0.05) is 12.1 Å². The van der Waals surface area contributed by atoms with Crippen molar-refractivity contribution in [1.82, 2.24) is 4.90 Å². The molecule has 0 spiro atoms. The van der Waals surface area contributed by atoms with Crippen molar-refractivity contribution in [3.8, 4) is 0 Å². The second-order valence-electron chi connectivity index (χ2n) is 4.89. The van der Waals surface area contributed by atoms with Gasteiger partial charge >= 0.3 is 5.97 Å². The molecule has 1 amide bonds. The van der Waals surface area contributed by atoms with Gasteiger partial charge in [0.05, 0.1) is 18.2 Å². The van der Waals surface area contributed by atoms with Crippen LogP contribution in [-0.4, -0.2) is 47.3 Å². The van der Waals surface area contributed by atoms with E-state index in [0.717, 1.165) is 0 Å². The zero-order valence-corrected chi connectivity index (χ0v) is 12.4. The van der Waals surface area contributed by atoms with Crippen molar-refractivity contribution in [2.75, 3.05) is 18.9 Å². The summed E-state index contributed by atoms with van der Waals surface area (Å²) in [5.74, 6) is -1.31. The van der Waals surface area contributed by atoms with Crippen LogP contribution in [0, 0.1) is 0 Å². The van der Waals surface area contributed by atoms with Crippen LogP contribution in [-0.2, 0) is 9.59 Å². The lowest BCUT2D eigenvalue weighted by Gasteiger charge is -2.23. The molecule has 0 aliphatic carbocycles. The van der Waals surface area contributed by atoms with Gasteiger partial charge < -0.3 is 10.4 Å². The molecular formula is C15H20N2O4. The number of likely N-dealkylation sites (N-methyl/N-ethyl adjacent to an activating group) is 1. The summed E-state index contributed by atoms with van der Waals surface area (Å²) in [6, 6.07) is 6.29. The van der Waals surface area contributed by atoms with Gasteiger partial charge in [-0.3, -0.25) is 19.3 Å². The fraction of sp³-hybridized carbons (Fsp3) is 0.400. The van der Waals surface area contributed by atoms with Crippen molar-refractivity contribution < 1.29 is 19.5 Å². The molecule has 6 nitrogen and oxygen atoms in total. The molecule has 0 saturated heterocycles. The Labute approximate surface area is 123 Å². The number of para-hydroxylation sites is 1. The van der Waals surface area contributed by atoms with E-state index in [9.17, 15) is 14.4 Å². The molecule has 2 N–H and O–H groups in total. The van der Waals surface area contributed by atoms with Crippen molar-refractivity contribution >= 4 is 23.3 Å². The first-order valence-corrected chi connectivity index (χ1v) is 6.65. The van der Waals surface area contributed by atoms with E-state index in [1.807, 2.05) is 0 Å². The Bertz CT molecular complexity index is 542. The van der Waals surface area contributed by atoms with E-state index in [1.54, 1.807) is 43.1 Å². The van der Waals surface area contributed by atoms with Crippen LogP contribution in [0.15, 0.2) is 24.3 Å². The first kappa shape index (κ1) is 16.8. The predicted molar refractivity (Wildman–Crippen MR) is 79.4 cm³/mol. The van der Waals surface area contributed by atoms with Crippen LogP contribution in [0.2, 0.25) is 0 Å². The number of hydrogen-bond acceptors (Lipinski definition) is 4. The third-order valence-corrected chi connectivity index (χ3v) is 3.28. The molecule has 0 radical (unpaired) electrons. The van der Waals surface area contributed by atoms with E-state index in [4.69, 9.17) is 5.11 Å². The minimum absolute atomic E-state index is 0.0296. The van der Waals surface area contributed by atoms with Crippen LogP contribution in [0.5, 0.6) is 0 Å². The highest BCUT2D eigenvalue weighted by molar-refractivity contribution is 6.04. The summed E-state index contributed by atoms with van der Waals surface area (Å²) in [6.45, 7) is 3.40. The Morgan fingerprint density at radius 3 is 2.48 bits per heavy atom. The van der Waals surface area contributed by atoms with Crippen LogP contribution in [0.4, 0.5) is 5.69 Å². The highest BCUT2D eigenvalue weighted by Gasteiger charge is 2.20. The molecule has 1 unspecified atom stereocenters. The number of carboxylic acids is 1. The van der Waals surface area contributed by atoms with Crippen LogP contribution in [0.25, 0.3) is 0 Å². The van der Waals surface area contributed by atoms with Gasteiger partial charge in [-0.2, -0.15) is 0 Å². The number of ketones is 1. The molecule has 0 bridgehead atoms. The first-order valence-electron chi connectivity index (χ1n) is 6.65. The number of amides is 1. The SMILES string of the molecule is CC(=O)c1ccccc1NC(=O)C(C)N(C)CCC(=O)O. The number of anilines is 1.